The molecule has 8 rings (SSSR count). The molecule has 0 unspecified atom stereocenters. The summed E-state index contributed by atoms with van der Waals surface area (Å²) in [6.45, 7) is 0. The number of benzene rings is 8. The topological polar surface area (TPSA) is 0 Å². The molecule has 8 aromatic carbocycles. The normalized spacial score (nSPS) is 17.8. The van der Waals surface area contributed by atoms with Crippen molar-refractivity contribution >= 4 is 43.1 Å². The van der Waals surface area contributed by atoms with E-state index in [9.17, 15) is 8.22 Å². The van der Waals surface area contributed by atoms with Crippen LogP contribution in [0.1, 0.15) is 24.7 Å². The molecule has 0 radical (unpaired) electrons. The third-order valence-corrected chi connectivity index (χ3v) is 7.01. The van der Waals surface area contributed by atoms with Crippen molar-refractivity contribution < 1.29 is 24.7 Å². The summed E-state index contributed by atoms with van der Waals surface area (Å²) in [6, 6.07) is 0.492. The molecule has 186 valence electrons. The van der Waals surface area contributed by atoms with Gasteiger partial charge < -0.3 is 0 Å². The van der Waals surface area contributed by atoms with Crippen molar-refractivity contribution in [3.05, 3.63) is 157 Å². The monoisotopic (exact) mass is 524 g/mol. The van der Waals surface area contributed by atoms with Gasteiger partial charge in [0, 0.05) is 0 Å². The average Bonchev–Trinajstić information content (AvgIpc) is 3.21. The highest BCUT2D eigenvalue weighted by Gasteiger charge is 2.20. The average molecular weight is 525 g/mol. The first kappa shape index (κ1) is 11.1. The van der Waals surface area contributed by atoms with E-state index >= 15 is 0 Å². The molecular formula is C40H26. The van der Waals surface area contributed by atoms with Crippen LogP contribution in [0.5, 0.6) is 0 Å². The molecule has 0 aliphatic heterocycles. The van der Waals surface area contributed by atoms with E-state index in [2.05, 4.69) is 0 Å². The van der Waals surface area contributed by atoms with Gasteiger partial charge in [-0.1, -0.05) is 157 Å². The van der Waals surface area contributed by atoms with Gasteiger partial charge in [-0.25, -0.2) is 0 Å². The van der Waals surface area contributed by atoms with Gasteiger partial charge in [-0.3, -0.25) is 0 Å². The van der Waals surface area contributed by atoms with E-state index in [0.717, 1.165) is 6.07 Å². The molecule has 0 amide bonds. The van der Waals surface area contributed by atoms with E-state index in [1.54, 1.807) is 42.5 Å². The van der Waals surface area contributed by atoms with Crippen LogP contribution in [0.3, 0.4) is 0 Å². The van der Waals surface area contributed by atoms with Crippen molar-refractivity contribution in [1.29, 1.82) is 0 Å². The standard InChI is InChI=1S/C40H26/c1-3-17-29-27(13-1)15-11-25-31(29)32-19-5-6-20-34(32)40-37-23-9-7-21-35(37)39(36-22-8-10-24-38(36)40)33-26-12-16-28-14-2-4-18-30(28)33/h1-26H/i1D,3D,5D,6D,7D,8D,9D,10D,11D,13D,15D,17D,19D,20D,21D,22D,23D,24D. The summed E-state index contributed by atoms with van der Waals surface area (Å²) in [5.41, 5.74) is -1.42. The molecule has 0 saturated carbocycles. The lowest BCUT2D eigenvalue weighted by Crippen LogP contribution is -1.93. The predicted molar refractivity (Wildman–Crippen MR) is 173 cm³/mol. The zero-order valence-electron chi connectivity index (χ0n) is 38.6. The zero-order valence-corrected chi connectivity index (χ0v) is 20.6. The predicted octanol–water partition coefficient (Wildman–Crippen LogP) is 11.3. The summed E-state index contributed by atoms with van der Waals surface area (Å²) in [5, 5.41) is -0.668. The van der Waals surface area contributed by atoms with Crippen molar-refractivity contribution in [1.82, 2.24) is 0 Å². The van der Waals surface area contributed by atoms with Crippen molar-refractivity contribution in [3.63, 3.8) is 0 Å². The van der Waals surface area contributed by atoms with Crippen LogP contribution in [-0.4, -0.2) is 0 Å². The van der Waals surface area contributed by atoms with E-state index in [1.807, 2.05) is 0 Å². The highest BCUT2D eigenvalue weighted by Crippen LogP contribution is 2.47. The first-order valence-electron chi connectivity index (χ1n) is 21.4. The molecule has 0 nitrogen and oxygen atoms in total. The lowest BCUT2D eigenvalue weighted by molar-refractivity contribution is 1.63. The van der Waals surface area contributed by atoms with Crippen LogP contribution in [0.2, 0.25) is 0 Å². The lowest BCUT2D eigenvalue weighted by atomic mass is 9.82. The molecule has 0 aromatic heterocycles. The SMILES string of the molecule is [2H]c1cc(-c2c([2H])c([2H])c([2H])c([2H])c2-c2c3c([2H])c([2H])c([2H])c([2H])c3c(-c3cccc4ccccc34)c3c([2H])c([2H])c([2H])c([2H])c23)c2c([2H])c([2H])c([2H])c([2H])c2c1[2H]. The van der Waals surface area contributed by atoms with Gasteiger partial charge in [-0.2, -0.15) is 0 Å². The summed E-state index contributed by atoms with van der Waals surface area (Å²) >= 11 is 0. The van der Waals surface area contributed by atoms with Crippen molar-refractivity contribution in [3.8, 4) is 33.4 Å². The Morgan fingerprint density at radius 2 is 0.825 bits per heavy atom. The first-order chi connectivity index (χ1) is 27.3. The molecule has 0 N–H and O–H groups in total. The molecule has 0 atom stereocenters. The Bertz CT molecular complexity index is 3120. The van der Waals surface area contributed by atoms with E-state index in [-0.39, 0.29) is 38.1 Å². The second-order valence-corrected chi connectivity index (χ2v) is 9.10. The van der Waals surface area contributed by atoms with E-state index < -0.39 is 131 Å². The fourth-order valence-electron chi connectivity index (χ4n) is 5.35. The second kappa shape index (κ2) is 9.22. The Hall–Kier alpha value is -5.20. The minimum atomic E-state index is -0.834. The summed E-state index contributed by atoms with van der Waals surface area (Å²) in [5.74, 6) is 0. The fraction of sp³-hybridized carbons (Fsp3) is 0. The van der Waals surface area contributed by atoms with Crippen molar-refractivity contribution in [2.24, 2.45) is 0 Å². The number of hydrogen-bond donors (Lipinski definition) is 0. The van der Waals surface area contributed by atoms with Gasteiger partial charge in [0.25, 0.3) is 0 Å². The maximum absolute atomic E-state index is 9.44. The number of rotatable bonds is 3. The molecule has 0 spiro atoms. The van der Waals surface area contributed by atoms with Crippen molar-refractivity contribution in [2.75, 3.05) is 0 Å². The van der Waals surface area contributed by atoms with Gasteiger partial charge in [0.1, 0.15) is 0 Å². The van der Waals surface area contributed by atoms with E-state index in [4.69, 9.17) is 16.4 Å². The Morgan fingerprint density at radius 3 is 1.55 bits per heavy atom. The van der Waals surface area contributed by atoms with Gasteiger partial charge in [0.05, 0.1) is 24.7 Å². The molecule has 0 saturated heterocycles. The van der Waals surface area contributed by atoms with Gasteiger partial charge in [-0.05, 0) is 76.5 Å². The molecule has 0 fully saturated rings. The van der Waals surface area contributed by atoms with Crippen LogP contribution in [0.25, 0.3) is 76.5 Å². The van der Waals surface area contributed by atoms with Crippen LogP contribution in [0.15, 0.2) is 157 Å². The van der Waals surface area contributed by atoms with Gasteiger partial charge in [0.15, 0.2) is 0 Å². The third kappa shape index (κ3) is 3.47. The fourth-order valence-corrected chi connectivity index (χ4v) is 5.35. The van der Waals surface area contributed by atoms with Crippen LogP contribution < -0.4 is 0 Å². The molecule has 8 aromatic rings. The Morgan fingerprint density at radius 1 is 0.300 bits per heavy atom. The number of hydrogen-bond acceptors (Lipinski definition) is 0. The smallest absolute Gasteiger partial charge is 0.0616 e. The summed E-state index contributed by atoms with van der Waals surface area (Å²) < 4.78 is 161. The van der Waals surface area contributed by atoms with Crippen LogP contribution in [0.4, 0.5) is 0 Å². The summed E-state index contributed by atoms with van der Waals surface area (Å²) in [6.07, 6.45) is 0. The molecule has 0 heterocycles. The largest absolute Gasteiger partial charge is 0.0629 e. The maximum atomic E-state index is 9.44. The summed E-state index contributed by atoms with van der Waals surface area (Å²) in [4.78, 5) is 0. The first-order valence-corrected chi connectivity index (χ1v) is 12.4. The van der Waals surface area contributed by atoms with Crippen LogP contribution in [0, 0.1) is 0 Å². The number of fused-ring (bicyclic) bond motifs is 4. The zero-order chi connectivity index (χ0) is 42.1. The van der Waals surface area contributed by atoms with Gasteiger partial charge in [-0.15, -0.1) is 0 Å². The Kier molecular flexibility index (Phi) is 2.56. The van der Waals surface area contributed by atoms with Crippen LogP contribution >= 0.6 is 0 Å². The molecule has 0 heteroatoms. The van der Waals surface area contributed by atoms with Crippen LogP contribution in [-0.2, 0) is 0 Å². The maximum Gasteiger partial charge on any atom is 0.0629 e. The molecule has 0 bridgehead atoms. The minimum absolute atomic E-state index is 0.0125. The quantitative estimate of drug-likeness (QED) is 0.202. The Labute approximate surface area is 259 Å². The Balaban J connectivity index is 1.77. The minimum Gasteiger partial charge on any atom is -0.0616 e. The van der Waals surface area contributed by atoms with E-state index in [0.29, 0.717) is 16.3 Å². The summed E-state index contributed by atoms with van der Waals surface area (Å²) in [7, 11) is 0. The van der Waals surface area contributed by atoms with Gasteiger partial charge in [0.2, 0.25) is 0 Å². The molecular weight excluding hydrogens is 480 g/mol. The molecule has 0 aliphatic rings. The molecule has 40 heavy (non-hydrogen) atoms. The highest BCUT2D eigenvalue weighted by molar-refractivity contribution is 6.24. The van der Waals surface area contributed by atoms with E-state index in [1.165, 1.54) is 0 Å². The lowest BCUT2D eigenvalue weighted by Gasteiger charge is -2.20. The highest BCUT2D eigenvalue weighted by atomic mass is 14.2. The molecule has 0 aliphatic carbocycles. The third-order valence-electron chi connectivity index (χ3n) is 7.01. The van der Waals surface area contributed by atoms with Gasteiger partial charge >= 0.3 is 0 Å². The van der Waals surface area contributed by atoms with Crippen molar-refractivity contribution in [2.45, 2.75) is 0 Å². The second-order valence-electron chi connectivity index (χ2n) is 9.10.